The molecule has 1 rings (SSSR count). The predicted octanol–water partition coefficient (Wildman–Crippen LogP) is 3.99. The molecule has 0 aromatic heterocycles. The molecule has 1 saturated heterocycles. The van der Waals surface area contributed by atoms with Crippen LogP contribution in [-0.4, -0.2) is 71.4 Å². The second-order valence-corrected chi connectivity index (χ2v) is 9.86. The quantitative estimate of drug-likeness (QED) is 0.149. The van der Waals surface area contributed by atoms with Crippen LogP contribution in [0.25, 0.3) is 0 Å². The molecule has 1 fully saturated rings. The Hall–Kier alpha value is -1.71. The number of unbranched alkanes of at least 4 members (excludes halogenated alkanes) is 7. The molecule has 0 unspecified atom stereocenters. The van der Waals surface area contributed by atoms with Crippen molar-refractivity contribution in [2.45, 2.75) is 148 Å². The van der Waals surface area contributed by atoms with Crippen LogP contribution >= 0.6 is 0 Å². The minimum atomic E-state index is -0.914. The maximum Gasteiger partial charge on any atom is 0.303 e. The summed E-state index contributed by atoms with van der Waals surface area (Å²) in [5.74, 6) is -1.46. The van der Waals surface area contributed by atoms with Crippen molar-refractivity contribution in [3.63, 3.8) is 0 Å². The van der Waals surface area contributed by atoms with Gasteiger partial charge in [-0.05, 0) is 32.1 Å². The highest BCUT2D eigenvalue weighted by Gasteiger charge is 2.39. The van der Waals surface area contributed by atoms with Crippen molar-refractivity contribution in [1.29, 1.82) is 0 Å². The lowest BCUT2D eigenvalue weighted by Crippen LogP contribution is -2.38. The normalized spacial score (nSPS) is 20.8. The van der Waals surface area contributed by atoms with Crippen LogP contribution in [0.4, 0.5) is 0 Å². The molecule has 0 radical (unpaired) electrons. The van der Waals surface area contributed by atoms with Gasteiger partial charge in [0, 0.05) is 20.8 Å². The number of rotatable bonds is 19. The van der Waals surface area contributed by atoms with E-state index >= 15 is 0 Å². The highest BCUT2D eigenvalue weighted by Crippen LogP contribution is 2.30. The Morgan fingerprint density at radius 1 is 0.722 bits per heavy atom. The average Bonchev–Trinajstić information content (AvgIpc) is 3.30. The summed E-state index contributed by atoms with van der Waals surface area (Å²) >= 11 is 0. The van der Waals surface area contributed by atoms with E-state index in [4.69, 9.17) is 18.9 Å². The van der Waals surface area contributed by atoms with Gasteiger partial charge in [0.1, 0.15) is 12.7 Å². The highest BCUT2D eigenvalue weighted by molar-refractivity contribution is 5.67. The highest BCUT2D eigenvalue weighted by atomic mass is 16.6. The lowest BCUT2D eigenvalue weighted by atomic mass is 9.97. The van der Waals surface area contributed by atoms with Gasteiger partial charge in [-0.25, -0.2) is 0 Å². The summed E-state index contributed by atoms with van der Waals surface area (Å²) < 4.78 is 21.8. The van der Waals surface area contributed by atoms with E-state index in [9.17, 15) is 24.6 Å². The number of aliphatic hydroxyl groups is 2. The Kier molecular flexibility index (Phi) is 16.6. The number of hydrogen-bond donors (Lipinski definition) is 2. The minimum absolute atomic E-state index is 0.117. The molecule has 0 aromatic carbocycles. The summed E-state index contributed by atoms with van der Waals surface area (Å²) in [6.07, 6.45) is 7.49. The van der Waals surface area contributed by atoms with Crippen molar-refractivity contribution in [2.75, 3.05) is 6.61 Å². The van der Waals surface area contributed by atoms with E-state index in [2.05, 4.69) is 6.92 Å². The van der Waals surface area contributed by atoms with Gasteiger partial charge in [0.05, 0.1) is 24.4 Å². The van der Waals surface area contributed by atoms with E-state index in [-0.39, 0.29) is 13.0 Å². The first kappa shape index (κ1) is 32.3. The van der Waals surface area contributed by atoms with Gasteiger partial charge in [-0.1, -0.05) is 58.3 Å². The average molecular weight is 517 g/mol. The van der Waals surface area contributed by atoms with Crippen molar-refractivity contribution in [1.82, 2.24) is 0 Å². The molecule has 1 aliphatic rings. The second-order valence-electron chi connectivity index (χ2n) is 9.86. The van der Waals surface area contributed by atoms with Crippen LogP contribution in [0.15, 0.2) is 0 Å². The largest absolute Gasteiger partial charge is 0.462 e. The molecule has 1 aliphatic heterocycles. The van der Waals surface area contributed by atoms with Gasteiger partial charge in [-0.2, -0.15) is 0 Å². The van der Waals surface area contributed by atoms with Crippen LogP contribution in [0, 0.1) is 0 Å². The standard InChI is InChI=1S/C27H48O9/c1-5-6-7-8-9-10-11-12-13-22(31)23(32)14-15-24(34-20(3)29)25-16-17-26(36-25)27(35-21(4)30)18-33-19(2)28/h22-27,31-32H,5-18H2,1-4H3/t22-,23-,24-,25-,26+,27+/m0/s1. The Morgan fingerprint density at radius 2 is 1.22 bits per heavy atom. The zero-order valence-electron chi connectivity index (χ0n) is 22.6. The number of aliphatic hydroxyl groups excluding tert-OH is 2. The van der Waals surface area contributed by atoms with Crippen molar-refractivity contribution in [2.24, 2.45) is 0 Å². The SMILES string of the molecule is CCCCCCCCCC[C@H](O)[C@@H](O)CC[C@H](OC(C)=O)[C@@H]1CC[C@H]([C@@H](COC(C)=O)OC(C)=O)O1. The zero-order chi connectivity index (χ0) is 26.9. The van der Waals surface area contributed by atoms with Crippen LogP contribution in [0.1, 0.15) is 111 Å². The monoisotopic (exact) mass is 516 g/mol. The first-order valence-corrected chi connectivity index (χ1v) is 13.6. The lowest BCUT2D eigenvalue weighted by molar-refractivity contribution is -0.172. The zero-order valence-corrected chi connectivity index (χ0v) is 22.6. The van der Waals surface area contributed by atoms with E-state index < -0.39 is 54.5 Å². The maximum absolute atomic E-state index is 11.7. The number of hydrogen-bond acceptors (Lipinski definition) is 9. The van der Waals surface area contributed by atoms with Gasteiger partial charge in [0.25, 0.3) is 0 Å². The second kappa shape index (κ2) is 18.5. The van der Waals surface area contributed by atoms with Gasteiger partial charge in [-0.3, -0.25) is 14.4 Å². The fraction of sp³-hybridized carbons (Fsp3) is 0.889. The summed E-state index contributed by atoms with van der Waals surface area (Å²) in [5, 5.41) is 20.8. The summed E-state index contributed by atoms with van der Waals surface area (Å²) in [6, 6.07) is 0. The first-order chi connectivity index (χ1) is 17.1. The van der Waals surface area contributed by atoms with Crippen molar-refractivity contribution < 1.29 is 43.5 Å². The predicted molar refractivity (Wildman–Crippen MR) is 134 cm³/mol. The van der Waals surface area contributed by atoms with E-state index in [1.54, 1.807) is 0 Å². The maximum atomic E-state index is 11.7. The molecule has 0 spiro atoms. The molecule has 0 saturated carbocycles. The summed E-state index contributed by atoms with van der Waals surface area (Å²) in [7, 11) is 0. The van der Waals surface area contributed by atoms with Gasteiger partial charge in [0.2, 0.25) is 0 Å². The van der Waals surface area contributed by atoms with Crippen LogP contribution in [-0.2, 0) is 33.3 Å². The number of ether oxygens (including phenoxy) is 4. The van der Waals surface area contributed by atoms with Gasteiger partial charge in [-0.15, -0.1) is 0 Å². The molecule has 0 aliphatic carbocycles. The van der Waals surface area contributed by atoms with Crippen LogP contribution in [0.3, 0.4) is 0 Å². The Morgan fingerprint density at radius 3 is 1.78 bits per heavy atom. The van der Waals surface area contributed by atoms with Crippen molar-refractivity contribution in [3.05, 3.63) is 0 Å². The molecule has 0 bridgehead atoms. The summed E-state index contributed by atoms with van der Waals surface area (Å²) in [4.78, 5) is 34.4. The van der Waals surface area contributed by atoms with Crippen LogP contribution < -0.4 is 0 Å². The van der Waals surface area contributed by atoms with Gasteiger partial charge < -0.3 is 29.2 Å². The van der Waals surface area contributed by atoms with E-state index in [1.807, 2.05) is 0 Å². The Balaban J connectivity index is 2.50. The molecule has 2 N–H and O–H groups in total. The van der Waals surface area contributed by atoms with E-state index in [0.717, 1.165) is 19.3 Å². The first-order valence-electron chi connectivity index (χ1n) is 13.6. The van der Waals surface area contributed by atoms with Gasteiger partial charge >= 0.3 is 17.9 Å². The Labute approximate surface area is 216 Å². The molecule has 1 heterocycles. The van der Waals surface area contributed by atoms with Crippen molar-refractivity contribution in [3.8, 4) is 0 Å². The third kappa shape index (κ3) is 14.1. The smallest absolute Gasteiger partial charge is 0.303 e. The molecule has 36 heavy (non-hydrogen) atoms. The Bertz CT molecular complexity index is 639. The summed E-state index contributed by atoms with van der Waals surface area (Å²) in [5.41, 5.74) is 0. The minimum Gasteiger partial charge on any atom is -0.462 e. The fourth-order valence-electron chi connectivity index (χ4n) is 4.61. The molecular weight excluding hydrogens is 468 g/mol. The molecule has 0 amide bonds. The third-order valence-corrected chi connectivity index (χ3v) is 6.54. The molecular formula is C27H48O9. The van der Waals surface area contributed by atoms with Gasteiger partial charge in [0.15, 0.2) is 6.10 Å². The van der Waals surface area contributed by atoms with E-state index in [1.165, 1.54) is 52.9 Å². The van der Waals surface area contributed by atoms with Crippen LogP contribution in [0.5, 0.6) is 0 Å². The van der Waals surface area contributed by atoms with Crippen molar-refractivity contribution >= 4 is 17.9 Å². The summed E-state index contributed by atoms with van der Waals surface area (Å²) in [6.45, 7) is 5.95. The van der Waals surface area contributed by atoms with Crippen LogP contribution in [0.2, 0.25) is 0 Å². The fourth-order valence-corrected chi connectivity index (χ4v) is 4.61. The number of carbonyl (C=O) groups excluding carboxylic acids is 3. The molecule has 9 nitrogen and oxygen atoms in total. The molecule has 210 valence electrons. The number of carbonyl (C=O) groups is 3. The third-order valence-electron chi connectivity index (χ3n) is 6.54. The lowest BCUT2D eigenvalue weighted by Gasteiger charge is -2.27. The number of esters is 3. The molecule has 9 heteroatoms. The molecule has 0 aromatic rings. The molecule has 6 atom stereocenters. The van der Waals surface area contributed by atoms with E-state index in [0.29, 0.717) is 25.7 Å². The topological polar surface area (TPSA) is 129 Å².